The highest BCUT2D eigenvalue weighted by atomic mass is 35.5. The fourth-order valence-electron chi connectivity index (χ4n) is 4.68. The molecule has 2 N–H and O–H groups in total. The molecule has 1 aromatic heterocycles. The zero-order valence-electron chi connectivity index (χ0n) is 17.5. The molecule has 3 amide bonds. The van der Waals surface area contributed by atoms with E-state index in [9.17, 15) is 14.4 Å². The lowest BCUT2D eigenvalue weighted by molar-refractivity contribution is -0.136. The van der Waals surface area contributed by atoms with Crippen LogP contribution in [-0.4, -0.2) is 56.7 Å². The summed E-state index contributed by atoms with van der Waals surface area (Å²) in [6, 6.07) is 4.90. The molecule has 0 bridgehead atoms. The van der Waals surface area contributed by atoms with E-state index in [1.165, 1.54) is 0 Å². The molecule has 2 aromatic rings. The number of carbonyl (C=O) groups excluding carboxylic acids is 3. The van der Waals surface area contributed by atoms with E-state index in [1.54, 1.807) is 15.6 Å². The molecule has 11 heteroatoms. The van der Waals surface area contributed by atoms with Crippen molar-refractivity contribution >= 4 is 42.5 Å². The number of carbonyl (C=O) groups is 3. The molecule has 4 heterocycles. The van der Waals surface area contributed by atoms with Crippen molar-refractivity contribution in [2.24, 2.45) is 5.92 Å². The third-order valence-electron chi connectivity index (χ3n) is 6.30. The molecule has 2 fully saturated rings. The van der Waals surface area contributed by atoms with Crippen LogP contribution in [0.2, 0.25) is 0 Å². The highest BCUT2D eigenvalue weighted by molar-refractivity contribution is 6.05. The molecule has 1 aromatic carbocycles. The van der Waals surface area contributed by atoms with Gasteiger partial charge in [0.2, 0.25) is 11.8 Å². The Labute approximate surface area is 198 Å². The molecule has 2 saturated heterocycles. The van der Waals surface area contributed by atoms with Crippen LogP contribution in [0.1, 0.15) is 47.3 Å². The van der Waals surface area contributed by atoms with Crippen molar-refractivity contribution in [1.29, 1.82) is 0 Å². The zero-order valence-corrected chi connectivity index (χ0v) is 19.1. The number of amides is 3. The number of nitrogens with one attached hydrogen (secondary N) is 2. The molecular formula is C21H26Cl2N6O3. The lowest BCUT2D eigenvalue weighted by atomic mass is 9.93. The first-order chi connectivity index (χ1) is 14.6. The summed E-state index contributed by atoms with van der Waals surface area (Å²) in [6.07, 6.45) is 5.72. The SMILES string of the molecule is Cl.Cl.O=C1CCC(N2Cc3c(cccc3-n3cc(CC4CCNCC4)nn3)C2=O)C(=O)N1. The molecule has 0 saturated carbocycles. The molecule has 9 nitrogen and oxygen atoms in total. The number of piperidine rings is 2. The van der Waals surface area contributed by atoms with Crippen molar-refractivity contribution in [3.63, 3.8) is 0 Å². The minimum atomic E-state index is -0.623. The average Bonchev–Trinajstić information content (AvgIpc) is 3.34. The summed E-state index contributed by atoms with van der Waals surface area (Å²) < 4.78 is 1.73. The van der Waals surface area contributed by atoms with Gasteiger partial charge in [0.15, 0.2) is 0 Å². The van der Waals surface area contributed by atoms with Gasteiger partial charge >= 0.3 is 0 Å². The molecule has 0 spiro atoms. The van der Waals surface area contributed by atoms with Gasteiger partial charge in [0.05, 0.1) is 17.6 Å². The number of fused-ring (bicyclic) bond motifs is 1. The Balaban J connectivity index is 0.00000144. The standard InChI is InChI=1S/C21H24N6O3.2ClH/c28-19-5-4-18(20(29)23-19)26-12-16-15(21(26)30)2-1-3-17(16)27-11-14(24-25-27)10-13-6-8-22-9-7-13;;/h1-3,11,13,18,22H,4-10,12H2,(H,23,28,29);2*1H. The summed E-state index contributed by atoms with van der Waals surface area (Å²) >= 11 is 0. The first kappa shape index (κ1) is 24.2. The first-order valence-corrected chi connectivity index (χ1v) is 10.5. The van der Waals surface area contributed by atoms with Crippen molar-refractivity contribution in [2.75, 3.05) is 13.1 Å². The molecule has 5 rings (SSSR count). The van der Waals surface area contributed by atoms with Gasteiger partial charge in [-0.05, 0) is 56.8 Å². The molecule has 1 atom stereocenters. The number of aromatic nitrogens is 3. The predicted octanol–water partition coefficient (Wildman–Crippen LogP) is 1.41. The van der Waals surface area contributed by atoms with E-state index in [0.29, 0.717) is 24.4 Å². The highest BCUT2D eigenvalue weighted by Gasteiger charge is 2.40. The maximum absolute atomic E-state index is 13.0. The Kier molecular flexibility index (Phi) is 7.53. The van der Waals surface area contributed by atoms with Gasteiger partial charge in [0.1, 0.15) is 6.04 Å². The lowest BCUT2D eigenvalue weighted by Gasteiger charge is -2.29. The van der Waals surface area contributed by atoms with E-state index >= 15 is 0 Å². The van der Waals surface area contributed by atoms with Crippen molar-refractivity contribution in [3.05, 3.63) is 41.2 Å². The van der Waals surface area contributed by atoms with Gasteiger partial charge < -0.3 is 10.2 Å². The highest BCUT2D eigenvalue weighted by Crippen LogP contribution is 2.31. The van der Waals surface area contributed by atoms with Crippen LogP contribution in [0.3, 0.4) is 0 Å². The summed E-state index contributed by atoms with van der Waals surface area (Å²) in [4.78, 5) is 38.3. The van der Waals surface area contributed by atoms with E-state index < -0.39 is 11.9 Å². The van der Waals surface area contributed by atoms with Gasteiger partial charge in [-0.2, -0.15) is 0 Å². The van der Waals surface area contributed by atoms with Gasteiger partial charge in [0, 0.05) is 24.1 Å². The van der Waals surface area contributed by atoms with E-state index in [4.69, 9.17) is 0 Å². The Bertz CT molecular complexity index is 1020. The minimum absolute atomic E-state index is 0. The number of imide groups is 1. The quantitative estimate of drug-likeness (QED) is 0.640. The Hall–Kier alpha value is -2.49. The lowest BCUT2D eigenvalue weighted by Crippen LogP contribution is -2.52. The molecule has 32 heavy (non-hydrogen) atoms. The van der Waals surface area contributed by atoms with Crippen LogP contribution in [-0.2, 0) is 22.6 Å². The number of hydrogen-bond acceptors (Lipinski definition) is 6. The fraction of sp³-hybridized carbons (Fsp3) is 0.476. The van der Waals surface area contributed by atoms with Crippen LogP contribution >= 0.6 is 24.8 Å². The van der Waals surface area contributed by atoms with Gasteiger partial charge in [-0.25, -0.2) is 4.68 Å². The van der Waals surface area contributed by atoms with Crippen molar-refractivity contribution in [2.45, 2.75) is 44.7 Å². The fourth-order valence-corrected chi connectivity index (χ4v) is 4.68. The smallest absolute Gasteiger partial charge is 0.255 e. The second-order valence-corrected chi connectivity index (χ2v) is 8.26. The zero-order chi connectivity index (χ0) is 20.7. The van der Waals surface area contributed by atoms with Crippen molar-refractivity contribution in [1.82, 2.24) is 30.5 Å². The van der Waals surface area contributed by atoms with Crippen molar-refractivity contribution < 1.29 is 14.4 Å². The molecule has 1 unspecified atom stereocenters. The van der Waals surface area contributed by atoms with E-state index in [-0.39, 0.29) is 43.0 Å². The summed E-state index contributed by atoms with van der Waals surface area (Å²) in [5.41, 5.74) is 3.17. The number of hydrogen-bond donors (Lipinski definition) is 2. The third-order valence-corrected chi connectivity index (χ3v) is 6.30. The largest absolute Gasteiger partial charge is 0.322 e. The topological polar surface area (TPSA) is 109 Å². The van der Waals surface area contributed by atoms with Crippen molar-refractivity contribution in [3.8, 4) is 5.69 Å². The minimum Gasteiger partial charge on any atom is -0.322 e. The number of benzene rings is 1. The number of rotatable bonds is 4. The van der Waals surface area contributed by atoms with Gasteiger partial charge in [-0.15, -0.1) is 29.9 Å². The molecule has 0 radical (unpaired) electrons. The maximum atomic E-state index is 13.0. The average molecular weight is 481 g/mol. The van der Waals surface area contributed by atoms with E-state index in [1.807, 2.05) is 18.3 Å². The molecule has 3 aliphatic rings. The monoisotopic (exact) mass is 480 g/mol. The molecule has 3 aliphatic heterocycles. The first-order valence-electron chi connectivity index (χ1n) is 10.5. The maximum Gasteiger partial charge on any atom is 0.255 e. The van der Waals surface area contributed by atoms with Crippen LogP contribution in [0, 0.1) is 5.92 Å². The van der Waals surface area contributed by atoms with Crippen LogP contribution in [0.15, 0.2) is 24.4 Å². The van der Waals surface area contributed by atoms with Gasteiger partial charge in [0.25, 0.3) is 5.91 Å². The summed E-state index contributed by atoms with van der Waals surface area (Å²) in [5.74, 6) is -0.261. The second-order valence-electron chi connectivity index (χ2n) is 8.26. The number of nitrogens with zero attached hydrogens (tertiary/aromatic N) is 4. The number of halogens is 2. The second kappa shape index (κ2) is 9.97. The van der Waals surface area contributed by atoms with Gasteiger partial charge in [-0.3, -0.25) is 19.7 Å². The normalized spacial score (nSPS) is 20.9. The van der Waals surface area contributed by atoms with Crippen LogP contribution in [0.5, 0.6) is 0 Å². The van der Waals surface area contributed by atoms with Gasteiger partial charge in [-0.1, -0.05) is 11.3 Å². The Morgan fingerprint density at radius 1 is 1.06 bits per heavy atom. The molecule has 0 aliphatic carbocycles. The summed E-state index contributed by atoms with van der Waals surface area (Å²) in [7, 11) is 0. The Morgan fingerprint density at radius 2 is 1.84 bits per heavy atom. The van der Waals surface area contributed by atoms with Crippen LogP contribution in [0.4, 0.5) is 0 Å². The summed E-state index contributed by atoms with van der Waals surface area (Å²) in [5, 5.41) is 14.4. The van der Waals surface area contributed by atoms with Crippen LogP contribution < -0.4 is 10.6 Å². The Morgan fingerprint density at radius 3 is 2.59 bits per heavy atom. The summed E-state index contributed by atoms with van der Waals surface area (Å²) in [6.45, 7) is 2.41. The predicted molar refractivity (Wildman–Crippen MR) is 121 cm³/mol. The van der Waals surface area contributed by atoms with E-state index in [0.717, 1.165) is 49.3 Å². The van der Waals surface area contributed by atoms with E-state index in [2.05, 4.69) is 20.9 Å². The third kappa shape index (κ3) is 4.51. The molecule has 172 valence electrons. The van der Waals surface area contributed by atoms with Crippen LogP contribution in [0.25, 0.3) is 5.69 Å². The molecular weight excluding hydrogens is 455 g/mol.